The molecule has 0 atom stereocenters. The second kappa shape index (κ2) is 10.0. The summed E-state index contributed by atoms with van der Waals surface area (Å²) in [5.74, 6) is 0. The van der Waals surface area contributed by atoms with Gasteiger partial charge >= 0.3 is 0 Å². The number of thiophene rings is 2. The van der Waals surface area contributed by atoms with E-state index in [2.05, 4.69) is 143 Å². The zero-order valence-electron chi connectivity index (χ0n) is 26.3. The fraction of sp³-hybridized carbons (Fsp3) is 0. The Morgan fingerprint density at radius 1 is 0.420 bits per heavy atom. The van der Waals surface area contributed by atoms with Crippen molar-refractivity contribution in [3.8, 4) is 23.5 Å². The van der Waals surface area contributed by atoms with E-state index < -0.39 is 0 Å². The zero-order chi connectivity index (χ0) is 33.1. The summed E-state index contributed by atoms with van der Waals surface area (Å²) in [5, 5.41) is 30.8. The van der Waals surface area contributed by atoms with E-state index in [9.17, 15) is 10.5 Å². The van der Waals surface area contributed by atoms with Crippen LogP contribution in [0.15, 0.2) is 133 Å². The van der Waals surface area contributed by atoms with Crippen LogP contribution in [0.25, 0.3) is 95.3 Å². The first-order valence-electron chi connectivity index (χ1n) is 16.4. The maximum atomic E-state index is 11.0. The molecule has 6 heteroatoms. The van der Waals surface area contributed by atoms with Crippen LogP contribution in [0.2, 0.25) is 0 Å². The average molecular weight is 671 g/mol. The van der Waals surface area contributed by atoms with Crippen molar-refractivity contribution in [2.75, 3.05) is 0 Å². The van der Waals surface area contributed by atoms with E-state index in [1.807, 2.05) is 12.1 Å². The molecule has 50 heavy (non-hydrogen) atoms. The van der Waals surface area contributed by atoms with Crippen LogP contribution in [-0.2, 0) is 0 Å². The highest BCUT2D eigenvalue weighted by atomic mass is 32.1. The van der Waals surface area contributed by atoms with Gasteiger partial charge in [-0.05, 0) is 36.4 Å². The Morgan fingerprint density at radius 3 is 1.46 bits per heavy atom. The van der Waals surface area contributed by atoms with Gasteiger partial charge in [0, 0.05) is 52.5 Å². The van der Waals surface area contributed by atoms with Crippen molar-refractivity contribution in [2.45, 2.75) is 0 Å². The Bertz CT molecular complexity index is 3360. The molecule has 0 saturated carbocycles. The molecule has 0 aliphatic rings. The van der Waals surface area contributed by atoms with Gasteiger partial charge in [-0.3, -0.25) is 0 Å². The summed E-state index contributed by atoms with van der Waals surface area (Å²) in [6, 6.07) is 51.7. The van der Waals surface area contributed by atoms with Crippen LogP contribution >= 0.6 is 22.7 Å². The largest absolute Gasteiger partial charge is 0.306 e. The molecule has 7 aromatic carbocycles. The van der Waals surface area contributed by atoms with Gasteiger partial charge in [0.15, 0.2) is 0 Å². The third-order valence-electron chi connectivity index (χ3n) is 10.2. The molecule has 4 nitrogen and oxygen atoms in total. The summed E-state index contributed by atoms with van der Waals surface area (Å²) >= 11 is 3.58. The van der Waals surface area contributed by atoms with Gasteiger partial charge in [-0.2, -0.15) is 10.5 Å². The van der Waals surface area contributed by atoms with Crippen LogP contribution in [0, 0.1) is 22.7 Å². The lowest BCUT2D eigenvalue weighted by molar-refractivity contribution is 1.09. The first kappa shape index (κ1) is 27.5. The molecule has 0 fully saturated rings. The highest BCUT2D eigenvalue weighted by Gasteiger charge is 2.26. The molecular weight excluding hydrogens is 649 g/mol. The number of nitriles is 2. The van der Waals surface area contributed by atoms with E-state index in [4.69, 9.17) is 0 Å². The standard InChI is InChI=1S/C44H22N4S2/c45-23-25-17-22-37(47-35-13-5-1-9-26(35)30-18-20-32-28-11-3-7-15-38(28)49-43(32)41(30)47)40(34(25)24-46)48-36-14-6-2-10-27(36)31-19-21-33-29-12-4-8-16-39(29)50-44(33)42(31)48/h1-22H. The van der Waals surface area contributed by atoms with Gasteiger partial charge < -0.3 is 9.13 Å². The van der Waals surface area contributed by atoms with Crippen LogP contribution in [-0.4, -0.2) is 9.13 Å². The van der Waals surface area contributed by atoms with Crippen molar-refractivity contribution in [1.82, 2.24) is 9.13 Å². The van der Waals surface area contributed by atoms with Crippen LogP contribution in [0.5, 0.6) is 0 Å². The molecular formula is C44H22N4S2. The molecule has 11 aromatic rings. The second-order valence-electron chi connectivity index (χ2n) is 12.7. The second-order valence-corrected chi connectivity index (χ2v) is 14.8. The zero-order valence-corrected chi connectivity index (χ0v) is 27.9. The minimum atomic E-state index is 0.355. The molecule has 0 spiro atoms. The van der Waals surface area contributed by atoms with E-state index >= 15 is 0 Å². The predicted molar refractivity (Wildman–Crippen MR) is 210 cm³/mol. The van der Waals surface area contributed by atoms with Gasteiger partial charge in [-0.25, -0.2) is 0 Å². The summed E-state index contributed by atoms with van der Waals surface area (Å²) in [7, 11) is 0. The van der Waals surface area contributed by atoms with Gasteiger partial charge in [0.1, 0.15) is 12.1 Å². The smallest absolute Gasteiger partial charge is 0.103 e. The van der Waals surface area contributed by atoms with Crippen molar-refractivity contribution < 1.29 is 0 Å². The molecule has 0 radical (unpaired) electrons. The van der Waals surface area contributed by atoms with Crippen molar-refractivity contribution in [3.05, 3.63) is 145 Å². The van der Waals surface area contributed by atoms with E-state index in [-0.39, 0.29) is 0 Å². The molecule has 11 rings (SSSR count). The normalized spacial score (nSPS) is 12.0. The molecule has 0 amide bonds. The number of rotatable bonds is 2. The fourth-order valence-electron chi connectivity index (χ4n) is 8.14. The molecule has 0 N–H and O–H groups in total. The van der Waals surface area contributed by atoms with E-state index in [0.29, 0.717) is 16.8 Å². The molecule has 4 aromatic heterocycles. The summed E-state index contributed by atoms with van der Waals surface area (Å²) in [4.78, 5) is 0. The highest BCUT2D eigenvalue weighted by Crippen LogP contribution is 2.47. The monoisotopic (exact) mass is 670 g/mol. The maximum Gasteiger partial charge on any atom is 0.103 e. The molecule has 4 heterocycles. The first-order chi connectivity index (χ1) is 24.7. The van der Waals surface area contributed by atoms with E-state index in [1.54, 1.807) is 22.7 Å². The lowest BCUT2D eigenvalue weighted by Gasteiger charge is -2.19. The number of fused-ring (bicyclic) bond motifs is 14. The quantitative estimate of drug-likeness (QED) is 0.184. The van der Waals surface area contributed by atoms with Gasteiger partial charge in [0.25, 0.3) is 0 Å². The topological polar surface area (TPSA) is 57.4 Å². The minimum Gasteiger partial charge on any atom is -0.306 e. The fourth-order valence-corrected chi connectivity index (χ4v) is 10.6. The van der Waals surface area contributed by atoms with Crippen LogP contribution in [0.3, 0.4) is 0 Å². The van der Waals surface area contributed by atoms with Gasteiger partial charge in [0.05, 0.1) is 54.0 Å². The lowest BCUT2D eigenvalue weighted by Crippen LogP contribution is -2.07. The summed E-state index contributed by atoms with van der Waals surface area (Å²) in [5.41, 5.74) is 6.48. The lowest BCUT2D eigenvalue weighted by atomic mass is 10.0. The van der Waals surface area contributed by atoms with Crippen molar-refractivity contribution in [2.24, 2.45) is 0 Å². The van der Waals surface area contributed by atoms with Gasteiger partial charge in [-0.15, -0.1) is 22.7 Å². The number of nitrogens with zero attached hydrogens (tertiary/aromatic N) is 4. The molecule has 0 saturated heterocycles. The number of hydrogen-bond acceptors (Lipinski definition) is 4. The molecule has 0 bridgehead atoms. The molecule has 0 unspecified atom stereocenters. The van der Waals surface area contributed by atoms with Crippen molar-refractivity contribution >= 4 is 107 Å². The predicted octanol–water partition coefficient (Wildman–Crippen LogP) is 12.4. The Morgan fingerprint density at radius 2 is 0.900 bits per heavy atom. The number of para-hydroxylation sites is 2. The van der Waals surface area contributed by atoms with Crippen LogP contribution < -0.4 is 0 Å². The molecule has 0 aliphatic heterocycles. The summed E-state index contributed by atoms with van der Waals surface area (Å²) < 4.78 is 9.41. The van der Waals surface area contributed by atoms with Crippen LogP contribution in [0.1, 0.15) is 11.1 Å². The Kier molecular flexibility index (Phi) is 5.52. The highest BCUT2D eigenvalue weighted by molar-refractivity contribution is 7.27. The Hall–Kier alpha value is -6.44. The number of hydrogen-bond donors (Lipinski definition) is 0. The Balaban J connectivity index is 1.40. The third kappa shape index (κ3) is 3.46. The van der Waals surface area contributed by atoms with Crippen molar-refractivity contribution in [3.63, 3.8) is 0 Å². The van der Waals surface area contributed by atoms with Gasteiger partial charge in [-0.1, -0.05) is 97.1 Å². The number of aromatic nitrogens is 2. The minimum absolute atomic E-state index is 0.355. The Labute approximate surface area is 293 Å². The average Bonchev–Trinajstić information content (AvgIpc) is 3.92. The molecule has 230 valence electrons. The third-order valence-corrected chi connectivity index (χ3v) is 12.6. The molecule has 0 aliphatic carbocycles. The summed E-state index contributed by atoms with van der Waals surface area (Å²) in [6.45, 7) is 0. The summed E-state index contributed by atoms with van der Waals surface area (Å²) in [6.07, 6.45) is 0. The van der Waals surface area contributed by atoms with Crippen molar-refractivity contribution in [1.29, 1.82) is 10.5 Å². The van der Waals surface area contributed by atoms with Crippen LogP contribution in [0.4, 0.5) is 0 Å². The number of benzene rings is 7. The van der Waals surface area contributed by atoms with E-state index in [0.717, 1.165) is 54.0 Å². The SMILES string of the molecule is N#Cc1ccc(-n2c3ccccc3c3ccc4c5ccccc5sc4c32)c(-n2c3ccccc3c3ccc4c5ccccc5sc4c32)c1C#N. The first-order valence-corrected chi connectivity index (χ1v) is 18.0. The van der Waals surface area contributed by atoms with Gasteiger partial charge in [0.2, 0.25) is 0 Å². The maximum absolute atomic E-state index is 11.0. The van der Waals surface area contributed by atoms with E-state index in [1.165, 1.54) is 35.6 Å².